The summed E-state index contributed by atoms with van der Waals surface area (Å²) in [6.07, 6.45) is 1.81. The zero-order valence-electron chi connectivity index (χ0n) is 75.7. The number of fused-ring (bicyclic) bond motifs is 13. The van der Waals surface area contributed by atoms with Gasteiger partial charge in [0.25, 0.3) is 0 Å². The molecule has 20 aromatic carbocycles. The Bertz CT molecular complexity index is 9010. The van der Waals surface area contributed by atoms with Crippen molar-refractivity contribution < 1.29 is 0 Å². The van der Waals surface area contributed by atoms with Crippen molar-refractivity contribution in [3.8, 4) is 169 Å². The molecule has 12 heteroatoms. The van der Waals surface area contributed by atoms with Crippen molar-refractivity contribution in [2.45, 2.75) is 0 Å². The van der Waals surface area contributed by atoms with Crippen LogP contribution in [0.25, 0.3) is 256 Å². The summed E-state index contributed by atoms with van der Waals surface area (Å²) in [5.74, 6) is 5.77. The van der Waals surface area contributed by atoms with E-state index in [1.54, 1.807) is 0 Å². The summed E-state index contributed by atoms with van der Waals surface area (Å²) >= 11 is 0. The largest absolute Gasteiger partial charge is 0.254 e. The lowest BCUT2D eigenvalue weighted by Gasteiger charge is -2.14. The number of rotatable bonds is 15. The smallest absolute Gasteiger partial charge is 0.164 e. The highest BCUT2D eigenvalue weighted by molar-refractivity contribution is 6.26. The molecule has 26 aromatic rings. The Morgan fingerprint density at radius 1 is 0.121 bits per heavy atom. The Hall–Kier alpha value is -19.0. The third-order valence-electron chi connectivity index (χ3n) is 25.8. The Balaban J connectivity index is 0.000000114. The highest BCUT2D eigenvalue weighted by atomic mass is 15.1. The van der Waals surface area contributed by atoms with E-state index >= 15 is 0 Å². The van der Waals surface area contributed by atoms with Gasteiger partial charge >= 0.3 is 0 Å². The monoisotopic (exact) mass is 1790 g/mol. The first kappa shape index (κ1) is 84.0. The fourth-order valence-electron chi connectivity index (χ4n) is 18.8. The Kier molecular flexibility index (Phi) is 22.5. The van der Waals surface area contributed by atoms with E-state index in [0.29, 0.717) is 52.4 Å². The fourth-order valence-corrected chi connectivity index (χ4v) is 18.8. The van der Waals surface area contributed by atoms with Crippen LogP contribution in [0.1, 0.15) is 0 Å². The highest BCUT2D eigenvalue weighted by Crippen LogP contribution is 2.43. The first-order valence-corrected chi connectivity index (χ1v) is 46.8. The van der Waals surface area contributed by atoms with Crippen molar-refractivity contribution in [1.82, 2.24) is 59.8 Å². The molecule has 0 aliphatic carbocycles. The van der Waals surface area contributed by atoms with Gasteiger partial charge in [0.05, 0.1) is 27.8 Å². The van der Waals surface area contributed by atoms with Crippen LogP contribution in [0.4, 0.5) is 0 Å². The van der Waals surface area contributed by atoms with Gasteiger partial charge in [-0.05, 0) is 136 Å². The molecule has 0 bridgehead atoms. The van der Waals surface area contributed by atoms with Gasteiger partial charge in [0, 0.05) is 94.3 Å². The molecule has 0 aliphatic rings. The molecular weight excluding hydrogens is 1710 g/mol. The Morgan fingerprint density at radius 3 is 0.879 bits per heavy atom. The summed E-state index contributed by atoms with van der Waals surface area (Å²) in [7, 11) is 0. The number of pyridine rings is 3. The maximum atomic E-state index is 5.15. The molecule has 26 rings (SSSR count). The molecule has 0 fully saturated rings. The fraction of sp³-hybridized carbons (Fsp3) is 0. The van der Waals surface area contributed by atoms with E-state index in [-0.39, 0.29) is 0 Å². The normalized spacial score (nSPS) is 11.3. The summed E-state index contributed by atoms with van der Waals surface area (Å²) in [6, 6.07) is 170. The standard InChI is InChI=1S/C45H29N3.C44H28N4.C39H25N5/c1-3-13-30(14-4-1)43-46-44(31-15-5-2-6-16-31)48-45(47-43)36-20-12-19-34(28-36)32-17-11-18-33(27-32)35-25-26-41-39-23-8-7-21-37(39)38-22-9-10-24-40(38)42(41)29-35;1-3-13-31(14-4-1)42-46-43(32-15-5-2-6-16-32)48-44(47-42)33-24-22-29(23-25-33)34-17-11-18-35(28-34)40-37-20-9-10-21-39(37)45-41-36-19-8-7-12-30(36)26-27-38(40)41;1-3-9-26(10-4-1)27-16-20-31(21-17-27)38-42-37(30-11-5-2-6-12-30)43-39(44-38)33-14-7-13-32(25-33)34-23-22-29-19-18-28-15-8-24-40-35(28)36(29)41-34/h1-29H;1-28H;1-25H. The Morgan fingerprint density at radius 2 is 0.400 bits per heavy atom. The van der Waals surface area contributed by atoms with Crippen LogP contribution < -0.4 is 0 Å². The molecule has 0 unspecified atom stereocenters. The molecule has 0 aliphatic heterocycles. The lowest BCUT2D eigenvalue weighted by atomic mass is 9.91. The molecular formula is C128H82N12. The van der Waals surface area contributed by atoms with Crippen molar-refractivity contribution in [1.29, 1.82) is 0 Å². The zero-order chi connectivity index (χ0) is 93.0. The van der Waals surface area contributed by atoms with Gasteiger partial charge in [0.1, 0.15) is 0 Å². The summed E-state index contributed by atoms with van der Waals surface area (Å²) in [5, 5.41) is 14.5. The van der Waals surface area contributed by atoms with Crippen LogP contribution in [0.3, 0.4) is 0 Å². The number of para-hydroxylation sites is 1. The van der Waals surface area contributed by atoms with E-state index in [1.165, 1.54) is 60.0 Å². The van der Waals surface area contributed by atoms with Crippen LogP contribution >= 0.6 is 0 Å². The molecule has 6 aromatic heterocycles. The predicted octanol–water partition coefficient (Wildman–Crippen LogP) is 32.0. The average Bonchev–Trinajstić information content (AvgIpc) is 0.737. The van der Waals surface area contributed by atoms with Crippen LogP contribution in [-0.2, 0) is 0 Å². The van der Waals surface area contributed by atoms with Crippen LogP contribution in [-0.4, -0.2) is 59.8 Å². The number of hydrogen-bond donors (Lipinski definition) is 0. The number of nitrogens with zero attached hydrogens (tertiary/aromatic N) is 12. The molecule has 140 heavy (non-hydrogen) atoms. The van der Waals surface area contributed by atoms with Gasteiger partial charge < -0.3 is 0 Å². The average molecular weight is 1790 g/mol. The Labute approximate surface area is 808 Å². The third-order valence-corrected chi connectivity index (χ3v) is 25.8. The topological polar surface area (TPSA) is 155 Å². The molecule has 0 atom stereocenters. The van der Waals surface area contributed by atoms with Crippen LogP contribution in [0, 0.1) is 0 Å². The lowest BCUT2D eigenvalue weighted by molar-refractivity contribution is 1.07. The van der Waals surface area contributed by atoms with Gasteiger partial charge in [-0.3, -0.25) is 4.98 Å². The van der Waals surface area contributed by atoms with Crippen molar-refractivity contribution in [2.75, 3.05) is 0 Å². The first-order chi connectivity index (χ1) is 69.3. The minimum Gasteiger partial charge on any atom is -0.254 e. The predicted molar refractivity (Wildman–Crippen MR) is 574 cm³/mol. The summed E-state index contributed by atoms with van der Waals surface area (Å²) in [4.78, 5) is 59.1. The third kappa shape index (κ3) is 17.0. The van der Waals surface area contributed by atoms with Gasteiger partial charge in [0.2, 0.25) is 0 Å². The van der Waals surface area contributed by atoms with Crippen molar-refractivity contribution in [3.63, 3.8) is 0 Å². The van der Waals surface area contributed by atoms with Crippen molar-refractivity contribution >= 4 is 86.7 Å². The second kappa shape index (κ2) is 37.4. The summed E-state index contributed by atoms with van der Waals surface area (Å²) < 4.78 is 0. The van der Waals surface area contributed by atoms with Gasteiger partial charge in [-0.2, -0.15) is 0 Å². The van der Waals surface area contributed by atoms with E-state index in [2.05, 4.69) is 308 Å². The second-order valence-corrected chi connectivity index (χ2v) is 34.5. The van der Waals surface area contributed by atoms with Crippen molar-refractivity contribution in [3.05, 3.63) is 498 Å². The van der Waals surface area contributed by atoms with E-state index in [9.17, 15) is 0 Å². The van der Waals surface area contributed by atoms with Gasteiger partial charge in [-0.15, -0.1) is 0 Å². The number of aromatic nitrogens is 12. The highest BCUT2D eigenvalue weighted by Gasteiger charge is 2.22. The molecule has 0 N–H and O–H groups in total. The van der Waals surface area contributed by atoms with Crippen LogP contribution in [0.2, 0.25) is 0 Å². The minimum atomic E-state index is 0.607. The molecule has 0 spiro atoms. The van der Waals surface area contributed by atoms with E-state index < -0.39 is 0 Å². The summed E-state index contributed by atoms with van der Waals surface area (Å²) in [6.45, 7) is 0. The zero-order valence-corrected chi connectivity index (χ0v) is 75.7. The van der Waals surface area contributed by atoms with Crippen molar-refractivity contribution in [2.24, 2.45) is 0 Å². The molecule has 6 heterocycles. The molecule has 0 radical (unpaired) electrons. The van der Waals surface area contributed by atoms with Gasteiger partial charge in [-0.25, -0.2) is 54.8 Å². The number of benzene rings is 20. The maximum Gasteiger partial charge on any atom is 0.164 e. The quantitative estimate of drug-likeness (QED) is 0.0709. The van der Waals surface area contributed by atoms with Gasteiger partial charge in [0.15, 0.2) is 52.4 Å². The molecule has 12 nitrogen and oxygen atoms in total. The molecule has 0 saturated carbocycles. The summed E-state index contributed by atoms with van der Waals surface area (Å²) in [5.41, 5.74) is 25.7. The SMILES string of the molecule is c1ccc(-c2ccc(-c3nc(-c4ccccc4)nc(-c4cccc(-c5ccc6ccc7cccnc7c6n5)c4)n3)cc2)cc1.c1ccc(-c2nc(-c3ccccc3)nc(-c3ccc(-c4cccc(-c5c6ccccc6nc6c5ccc5ccccc56)c4)cc3)n2)cc1.c1ccc(-c2nc(-c3ccccc3)nc(-c3cccc(-c4cccc(-c5ccc6c7ccccc7c7ccccc7c6c5)c4)c3)n2)cc1. The molecule has 654 valence electrons. The first-order valence-electron chi connectivity index (χ1n) is 46.8. The van der Waals surface area contributed by atoms with Crippen LogP contribution in [0.15, 0.2) is 498 Å². The van der Waals surface area contributed by atoms with E-state index in [1.807, 2.05) is 194 Å². The molecule has 0 amide bonds. The van der Waals surface area contributed by atoms with E-state index in [0.717, 1.165) is 144 Å². The van der Waals surface area contributed by atoms with Gasteiger partial charge in [-0.1, -0.05) is 443 Å². The molecule has 0 saturated heterocycles. The minimum absolute atomic E-state index is 0.607. The number of hydrogen-bond acceptors (Lipinski definition) is 12. The lowest BCUT2D eigenvalue weighted by Crippen LogP contribution is -2.00. The second-order valence-electron chi connectivity index (χ2n) is 34.5. The van der Waals surface area contributed by atoms with E-state index in [4.69, 9.17) is 54.8 Å². The van der Waals surface area contributed by atoms with Crippen LogP contribution in [0.5, 0.6) is 0 Å². The maximum absolute atomic E-state index is 5.15.